The summed E-state index contributed by atoms with van der Waals surface area (Å²) < 4.78 is 10.9. The number of aliphatic hydroxyl groups excluding tert-OH is 1. The van der Waals surface area contributed by atoms with Gasteiger partial charge in [-0.2, -0.15) is 0 Å². The van der Waals surface area contributed by atoms with Crippen molar-refractivity contribution in [1.29, 1.82) is 0 Å². The molecule has 0 aliphatic heterocycles. The number of carbonyl (C=O) groups is 1. The van der Waals surface area contributed by atoms with E-state index in [-0.39, 0.29) is 5.04 Å². The number of benzene rings is 1. The Hall–Kier alpha value is -1.17. The largest absolute Gasteiger partial charge is 0.467 e. The molecule has 1 aromatic rings. The van der Waals surface area contributed by atoms with Gasteiger partial charge in [0.15, 0.2) is 14.4 Å². The molecule has 0 radical (unpaired) electrons. The summed E-state index contributed by atoms with van der Waals surface area (Å²) in [5, 5.41) is 10.3. The van der Waals surface area contributed by atoms with Crippen molar-refractivity contribution in [2.45, 2.75) is 51.1 Å². The van der Waals surface area contributed by atoms with E-state index in [9.17, 15) is 9.90 Å². The number of rotatable bonds is 5. The summed E-state index contributed by atoms with van der Waals surface area (Å²) in [6.45, 7) is 10.5. The first-order valence-corrected chi connectivity index (χ1v) is 9.99. The summed E-state index contributed by atoms with van der Waals surface area (Å²) in [5.41, 5.74) is 0.778. The van der Waals surface area contributed by atoms with Gasteiger partial charge in [-0.15, -0.1) is 0 Å². The predicted octanol–water partition coefficient (Wildman–Crippen LogP) is 3.28. The molecule has 0 saturated heterocycles. The van der Waals surface area contributed by atoms with Crippen LogP contribution in [0.25, 0.3) is 0 Å². The zero-order valence-electron chi connectivity index (χ0n) is 13.7. The molecule has 0 aromatic heterocycles. The van der Waals surface area contributed by atoms with Gasteiger partial charge in [-0.1, -0.05) is 51.1 Å². The zero-order chi connectivity index (χ0) is 16.3. The fourth-order valence-corrected chi connectivity index (χ4v) is 2.95. The van der Waals surface area contributed by atoms with Crippen LogP contribution in [0.5, 0.6) is 0 Å². The Morgan fingerprint density at radius 2 is 1.71 bits per heavy atom. The van der Waals surface area contributed by atoms with E-state index in [1.54, 1.807) is 0 Å². The fourth-order valence-electron chi connectivity index (χ4n) is 1.70. The standard InChI is InChI=1S/C16H26O4Si/c1-16(2,3)21(5,6)20-14(13(17)15(18)19-4)12-10-8-7-9-11-12/h7-11,13-14,17H,1-6H3/t13-,14+/m0/s1. The molecular weight excluding hydrogens is 284 g/mol. The highest BCUT2D eigenvalue weighted by atomic mass is 28.4. The van der Waals surface area contributed by atoms with E-state index in [4.69, 9.17) is 4.43 Å². The lowest BCUT2D eigenvalue weighted by atomic mass is 10.0. The molecule has 1 N–H and O–H groups in total. The van der Waals surface area contributed by atoms with Crippen LogP contribution in [-0.2, 0) is 14.0 Å². The van der Waals surface area contributed by atoms with Crippen LogP contribution in [0.4, 0.5) is 0 Å². The monoisotopic (exact) mass is 310 g/mol. The third-order valence-corrected chi connectivity index (χ3v) is 8.54. The average molecular weight is 310 g/mol. The SMILES string of the molecule is COC(=O)[C@@H](O)[C@H](O[Si](C)(C)C(C)(C)C)c1ccccc1. The second kappa shape index (κ2) is 6.73. The van der Waals surface area contributed by atoms with Crippen LogP contribution in [0.2, 0.25) is 18.1 Å². The minimum Gasteiger partial charge on any atom is -0.467 e. The molecule has 4 nitrogen and oxygen atoms in total. The van der Waals surface area contributed by atoms with Crippen LogP contribution in [0, 0.1) is 0 Å². The number of hydrogen-bond donors (Lipinski definition) is 1. The zero-order valence-corrected chi connectivity index (χ0v) is 14.7. The molecule has 0 unspecified atom stereocenters. The van der Waals surface area contributed by atoms with Gasteiger partial charge >= 0.3 is 5.97 Å². The predicted molar refractivity (Wildman–Crippen MR) is 85.5 cm³/mol. The molecule has 0 aliphatic carbocycles. The van der Waals surface area contributed by atoms with Crippen molar-refractivity contribution in [3.63, 3.8) is 0 Å². The van der Waals surface area contributed by atoms with Crippen molar-refractivity contribution in [2.75, 3.05) is 7.11 Å². The van der Waals surface area contributed by atoms with Gasteiger partial charge < -0.3 is 14.3 Å². The third-order valence-electron chi connectivity index (χ3n) is 4.09. The molecule has 0 saturated carbocycles. The van der Waals surface area contributed by atoms with Gasteiger partial charge in [-0.3, -0.25) is 0 Å². The quantitative estimate of drug-likeness (QED) is 0.670. The van der Waals surface area contributed by atoms with Crippen molar-refractivity contribution in [1.82, 2.24) is 0 Å². The number of carbonyl (C=O) groups excluding carboxylic acids is 1. The molecule has 0 fully saturated rings. The Bertz CT molecular complexity index is 465. The van der Waals surface area contributed by atoms with E-state index in [0.717, 1.165) is 5.56 Å². The minimum absolute atomic E-state index is 0.0180. The van der Waals surface area contributed by atoms with E-state index in [1.807, 2.05) is 30.3 Å². The second-order valence-electron chi connectivity index (χ2n) is 6.68. The molecule has 118 valence electrons. The topological polar surface area (TPSA) is 55.8 Å². The van der Waals surface area contributed by atoms with Gasteiger partial charge in [0.1, 0.15) is 6.10 Å². The van der Waals surface area contributed by atoms with Crippen LogP contribution < -0.4 is 0 Å². The summed E-state index contributed by atoms with van der Waals surface area (Å²) >= 11 is 0. The first-order chi connectivity index (χ1) is 9.60. The molecule has 0 amide bonds. The summed E-state index contributed by atoms with van der Waals surface area (Å²) in [4.78, 5) is 11.7. The van der Waals surface area contributed by atoms with Crippen molar-refractivity contribution >= 4 is 14.3 Å². The number of aliphatic hydroxyl groups is 1. The van der Waals surface area contributed by atoms with Gasteiger partial charge in [0, 0.05) is 0 Å². The van der Waals surface area contributed by atoms with E-state index < -0.39 is 26.5 Å². The molecule has 2 atom stereocenters. The lowest BCUT2D eigenvalue weighted by Crippen LogP contribution is -2.45. The Morgan fingerprint density at radius 3 is 2.14 bits per heavy atom. The van der Waals surface area contributed by atoms with Crippen LogP contribution >= 0.6 is 0 Å². The third kappa shape index (κ3) is 4.39. The molecule has 0 spiro atoms. The fraction of sp³-hybridized carbons (Fsp3) is 0.562. The maximum Gasteiger partial charge on any atom is 0.337 e. The van der Waals surface area contributed by atoms with Gasteiger partial charge in [0.25, 0.3) is 0 Å². The summed E-state index contributed by atoms with van der Waals surface area (Å²) in [7, 11) is -0.876. The van der Waals surface area contributed by atoms with Crippen molar-refractivity contribution < 1.29 is 19.1 Å². The molecule has 1 rings (SSSR count). The number of ether oxygens (including phenoxy) is 1. The highest BCUT2D eigenvalue weighted by Gasteiger charge is 2.42. The van der Waals surface area contributed by atoms with Crippen LogP contribution in [0.1, 0.15) is 32.4 Å². The number of hydrogen-bond acceptors (Lipinski definition) is 4. The number of methoxy groups -OCH3 is 1. The molecule has 0 heterocycles. The Balaban J connectivity index is 3.12. The molecule has 1 aromatic carbocycles. The molecule has 5 heteroatoms. The first kappa shape index (κ1) is 17.9. The van der Waals surface area contributed by atoms with E-state index in [2.05, 4.69) is 38.6 Å². The smallest absolute Gasteiger partial charge is 0.337 e. The second-order valence-corrected chi connectivity index (χ2v) is 11.4. The van der Waals surface area contributed by atoms with Gasteiger partial charge in [0.05, 0.1) is 7.11 Å². The van der Waals surface area contributed by atoms with Crippen molar-refractivity contribution in [2.24, 2.45) is 0 Å². The highest BCUT2D eigenvalue weighted by Crippen LogP contribution is 2.40. The van der Waals surface area contributed by atoms with Gasteiger partial charge in [-0.25, -0.2) is 4.79 Å². The van der Waals surface area contributed by atoms with E-state index >= 15 is 0 Å². The molecular formula is C16H26O4Si. The minimum atomic E-state index is -2.14. The van der Waals surface area contributed by atoms with Gasteiger partial charge in [0.2, 0.25) is 0 Å². The van der Waals surface area contributed by atoms with E-state index in [1.165, 1.54) is 7.11 Å². The average Bonchev–Trinajstić information content (AvgIpc) is 2.43. The van der Waals surface area contributed by atoms with Crippen LogP contribution in [0.3, 0.4) is 0 Å². The maximum absolute atomic E-state index is 11.7. The normalized spacial score (nSPS) is 15.4. The number of esters is 1. The van der Waals surface area contributed by atoms with Gasteiger partial charge in [-0.05, 0) is 23.7 Å². The Kier molecular flexibility index (Phi) is 5.73. The highest BCUT2D eigenvalue weighted by molar-refractivity contribution is 6.74. The maximum atomic E-state index is 11.7. The van der Waals surface area contributed by atoms with Crippen LogP contribution in [-0.4, -0.2) is 32.6 Å². The van der Waals surface area contributed by atoms with Crippen LogP contribution in [0.15, 0.2) is 30.3 Å². The van der Waals surface area contributed by atoms with Crippen molar-refractivity contribution in [3.8, 4) is 0 Å². The molecule has 21 heavy (non-hydrogen) atoms. The Morgan fingerprint density at radius 1 is 1.19 bits per heavy atom. The summed E-state index contributed by atoms with van der Waals surface area (Å²) in [5.74, 6) is -0.678. The first-order valence-electron chi connectivity index (χ1n) is 7.09. The van der Waals surface area contributed by atoms with Crippen molar-refractivity contribution in [3.05, 3.63) is 35.9 Å². The summed E-state index contributed by atoms with van der Waals surface area (Å²) in [6, 6.07) is 9.31. The lowest BCUT2D eigenvalue weighted by Gasteiger charge is -2.40. The lowest BCUT2D eigenvalue weighted by molar-refractivity contribution is -0.156. The van der Waals surface area contributed by atoms with E-state index in [0.29, 0.717) is 0 Å². The Labute approximate surface area is 128 Å². The molecule has 0 bridgehead atoms. The summed E-state index contributed by atoms with van der Waals surface area (Å²) in [6.07, 6.45) is -2.04. The molecule has 0 aliphatic rings.